The molecule has 0 aliphatic carbocycles. The van der Waals surface area contributed by atoms with Crippen molar-refractivity contribution in [2.75, 3.05) is 13.1 Å². The monoisotopic (exact) mass is 321 g/mol. The lowest BCUT2D eigenvalue weighted by atomic mass is 9.66. The molecule has 0 saturated carbocycles. The second-order valence-electron chi connectivity index (χ2n) is 7.49. The Kier molecular flexibility index (Phi) is 2.82. The number of nitrogens with two attached hydrogens (primary N) is 1. The Morgan fingerprint density at radius 1 is 1.33 bits per heavy atom. The molecule has 0 radical (unpaired) electrons. The second-order valence-corrected chi connectivity index (χ2v) is 7.49. The Balaban J connectivity index is 1.92. The third-order valence-electron chi connectivity index (χ3n) is 6.50. The maximum atomic E-state index is 12.3. The van der Waals surface area contributed by atoms with Gasteiger partial charge in [0.25, 0.3) is 5.91 Å². The van der Waals surface area contributed by atoms with E-state index in [1.807, 2.05) is 0 Å². The van der Waals surface area contributed by atoms with Gasteiger partial charge in [0.2, 0.25) is 0 Å². The quantitative estimate of drug-likeness (QED) is 0.924. The fraction of sp³-hybridized carbons (Fsp3) is 0.450. The number of benzene rings is 1. The van der Waals surface area contributed by atoms with E-state index >= 15 is 0 Å². The van der Waals surface area contributed by atoms with Crippen molar-refractivity contribution >= 4 is 22.5 Å². The first kappa shape index (κ1) is 14.3. The van der Waals surface area contributed by atoms with E-state index in [9.17, 15) is 4.79 Å². The van der Waals surface area contributed by atoms with Crippen molar-refractivity contribution in [1.29, 1.82) is 0 Å². The fourth-order valence-electron chi connectivity index (χ4n) is 5.46. The molecule has 1 fully saturated rings. The summed E-state index contributed by atoms with van der Waals surface area (Å²) in [5.41, 5.74) is 10.4. The summed E-state index contributed by atoms with van der Waals surface area (Å²) in [6.45, 7) is 4.53. The molecule has 1 aromatic carbocycles. The lowest BCUT2D eigenvalue weighted by Crippen LogP contribution is -2.51. The Morgan fingerprint density at radius 2 is 2.17 bits per heavy atom. The van der Waals surface area contributed by atoms with Crippen molar-refractivity contribution in [2.45, 2.75) is 38.6 Å². The van der Waals surface area contributed by atoms with Crippen molar-refractivity contribution in [3.05, 3.63) is 41.6 Å². The molecule has 24 heavy (non-hydrogen) atoms. The van der Waals surface area contributed by atoms with Gasteiger partial charge < -0.3 is 10.3 Å². The summed E-state index contributed by atoms with van der Waals surface area (Å²) in [6.07, 6.45) is 6.66. The summed E-state index contributed by atoms with van der Waals surface area (Å²) in [5.74, 6) is -0.312. The maximum Gasteiger partial charge on any atom is 0.265 e. The molecule has 4 nitrogen and oxygen atoms in total. The van der Waals surface area contributed by atoms with Crippen LogP contribution in [-0.2, 0) is 11.2 Å². The zero-order valence-electron chi connectivity index (χ0n) is 14.1. The smallest absolute Gasteiger partial charge is 0.265 e. The van der Waals surface area contributed by atoms with Crippen LogP contribution in [0.15, 0.2) is 30.3 Å². The van der Waals surface area contributed by atoms with E-state index in [0.717, 1.165) is 37.9 Å². The first-order valence-corrected chi connectivity index (χ1v) is 9.05. The van der Waals surface area contributed by atoms with E-state index in [0.29, 0.717) is 11.7 Å². The van der Waals surface area contributed by atoms with E-state index in [-0.39, 0.29) is 11.3 Å². The molecule has 3 aliphatic rings. The van der Waals surface area contributed by atoms with Crippen LogP contribution in [0.5, 0.6) is 0 Å². The highest BCUT2D eigenvalue weighted by atomic mass is 16.1. The van der Waals surface area contributed by atoms with Gasteiger partial charge in [0.05, 0.1) is 11.6 Å². The number of aromatic nitrogens is 1. The highest BCUT2D eigenvalue weighted by Gasteiger charge is 2.50. The van der Waals surface area contributed by atoms with E-state index < -0.39 is 0 Å². The minimum atomic E-state index is -0.312. The predicted molar refractivity (Wildman–Crippen MR) is 95.4 cm³/mol. The lowest BCUT2D eigenvalue weighted by Gasteiger charge is -2.53. The van der Waals surface area contributed by atoms with Gasteiger partial charge in [0.15, 0.2) is 0 Å². The fourth-order valence-corrected chi connectivity index (χ4v) is 5.46. The van der Waals surface area contributed by atoms with Crippen molar-refractivity contribution in [3.8, 4) is 0 Å². The molecule has 4 heteroatoms. The van der Waals surface area contributed by atoms with Crippen LogP contribution >= 0.6 is 0 Å². The Morgan fingerprint density at radius 3 is 2.96 bits per heavy atom. The Hall–Kier alpha value is -2.07. The summed E-state index contributed by atoms with van der Waals surface area (Å²) < 4.78 is 2.17. The molecule has 5 rings (SSSR count). The van der Waals surface area contributed by atoms with Crippen LogP contribution < -0.4 is 5.73 Å². The molecular weight excluding hydrogens is 298 g/mol. The van der Waals surface area contributed by atoms with Crippen LogP contribution in [0.2, 0.25) is 0 Å². The molecule has 3 aliphatic heterocycles. The topological polar surface area (TPSA) is 51.3 Å². The summed E-state index contributed by atoms with van der Waals surface area (Å²) in [5, 5.41) is 1.29. The molecule has 124 valence electrons. The number of carbonyl (C=O) groups excluding carboxylic acids is 1. The molecule has 2 atom stereocenters. The summed E-state index contributed by atoms with van der Waals surface area (Å²) in [6, 6.07) is 8.85. The molecule has 1 saturated heterocycles. The number of rotatable bonds is 2. The highest BCUT2D eigenvalue weighted by Crippen LogP contribution is 2.56. The zero-order chi connectivity index (χ0) is 16.5. The molecule has 1 amide bonds. The first-order chi connectivity index (χ1) is 11.7. The molecule has 0 spiro atoms. The van der Waals surface area contributed by atoms with Gasteiger partial charge in [-0.15, -0.1) is 0 Å². The number of primary amides is 1. The van der Waals surface area contributed by atoms with Crippen molar-refractivity contribution in [1.82, 2.24) is 9.47 Å². The number of fused-ring (bicyclic) bond motifs is 3. The number of piperidine rings is 1. The number of nitrogens with zero attached hydrogens (tertiary/aromatic N) is 2. The van der Waals surface area contributed by atoms with Gasteiger partial charge in [-0.3, -0.25) is 9.69 Å². The van der Waals surface area contributed by atoms with Crippen LogP contribution in [0, 0.1) is 5.41 Å². The summed E-state index contributed by atoms with van der Waals surface area (Å²) in [4.78, 5) is 15.0. The van der Waals surface area contributed by atoms with Crippen LogP contribution in [0.1, 0.15) is 43.5 Å². The largest absolute Gasteiger partial charge is 0.364 e. The zero-order valence-corrected chi connectivity index (χ0v) is 14.1. The van der Waals surface area contributed by atoms with Gasteiger partial charge >= 0.3 is 0 Å². The number of hydrogen-bond donors (Lipinski definition) is 1. The van der Waals surface area contributed by atoms with E-state index in [1.54, 1.807) is 0 Å². The van der Waals surface area contributed by atoms with Gasteiger partial charge in [-0.05, 0) is 49.9 Å². The third kappa shape index (κ3) is 1.59. The van der Waals surface area contributed by atoms with Crippen LogP contribution in [0.3, 0.4) is 0 Å². The highest BCUT2D eigenvalue weighted by molar-refractivity contribution is 6.15. The molecule has 0 bridgehead atoms. The van der Waals surface area contributed by atoms with Gasteiger partial charge in [-0.2, -0.15) is 0 Å². The standard InChI is InChI=1S/C20H23N3O/c1-2-20-9-5-10-22-11-8-14-13-6-3-4-7-15(13)23(17(14)18(20)22)16(12-20)19(21)24/h3-4,6-7,12,18H,2,5,8-11H2,1H3,(H2,21,24). The Bertz CT molecular complexity index is 894. The normalized spacial score (nSPS) is 28.5. The van der Waals surface area contributed by atoms with Gasteiger partial charge in [0.1, 0.15) is 5.70 Å². The number of para-hydroxylation sites is 1. The van der Waals surface area contributed by atoms with Gasteiger partial charge in [0, 0.05) is 23.0 Å². The SMILES string of the molecule is CCC12C=C(C(N)=O)n3c4c(c5ccccc53)CCN(CCC1)C42. The minimum absolute atomic E-state index is 0.0438. The average Bonchev–Trinajstić information content (AvgIpc) is 2.95. The second kappa shape index (κ2) is 4.73. The molecule has 2 unspecified atom stereocenters. The number of hydrogen-bond acceptors (Lipinski definition) is 2. The van der Waals surface area contributed by atoms with Gasteiger partial charge in [-0.25, -0.2) is 0 Å². The lowest BCUT2D eigenvalue weighted by molar-refractivity contribution is -0.113. The molecule has 2 aromatic rings. The van der Waals surface area contributed by atoms with E-state index in [2.05, 4.69) is 46.7 Å². The maximum absolute atomic E-state index is 12.3. The number of carbonyl (C=O) groups is 1. The van der Waals surface area contributed by atoms with E-state index in [1.165, 1.54) is 23.1 Å². The molecular formula is C20H23N3O. The van der Waals surface area contributed by atoms with Crippen LogP contribution in [0.25, 0.3) is 16.6 Å². The average molecular weight is 321 g/mol. The minimum Gasteiger partial charge on any atom is -0.364 e. The predicted octanol–water partition coefficient (Wildman–Crippen LogP) is 3.07. The third-order valence-corrected chi connectivity index (χ3v) is 6.50. The summed E-state index contributed by atoms with van der Waals surface area (Å²) >= 11 is 0. The number of amides is 1. The van der Waals surface area contributed by atoms with Crippen LogP contribution in [0.4, 0.5) is 0 Å². The van der Waals surface area contributed by atoms with Crippen molar-refractivity contribution in [3.63, 3.8) is 0 Å². The van der Waals surface area contributed by atoms with Crippen molar-refractivity contribution < 1.29 is 4.79 Å². The molecule has 1 aromatic heterocycles. The Labute approximate surface area is 141 Å². The van der Waals surface area contributed by atoms with E-state index in [4.69, 9.17) is 5.73 Å². The first-order valence-electron chi connectivity index (χ1n) is 9.05. The molecule has 4 heterocycles. The molecule has 2 N–H and O–H groups in total. The van der Waals surface area contributed by atoms with Crippen LogP contribution in [-0.4, -0.2) is 28.5 Å². The van der Waals surface area contributed by atoms with Crippen molar-refractivity contribution in [2.24, 2.45) is 11.1 Å². The summed E-state index contributed by atoms with van der Waals surface area (Å²) in [7, 11) is 0. The van der Waals surface area contributed by atoms with Gasteiger partial charge in [-0.1, -0.05) is 25.1 Å².